The summed E-state index contributed by atoms with van der Waals surface area (Å²) in [5.41, 5.74) is 1.11. The molecule has 1 amide bonds. The predicted molar refractivity (Wildman–Crippen MR) is 110 cm³/mol. The van der Waals surface area contributed by atoms with Gasteiger partial charge in [-0.1, -0.05) is 26.0 Å². The molecular weight excluding hydrogens is 392 g/mol. The highest BCUT2D eigenvalue weighted by atomic mass is 32.2. The number of nitrogens with zero attached hydrogens (tertiary/aromatic N) is 2. The second kappa shape index (κ2) is 10.0. The van der Waals surface area contributed by atoms with E-state index in [1.807, 2.05) is 12.1 Å². The zero-order chi connectivity index (χ0) is 20.9. The summed E-state index contributed by atoms with van der Waals surface area (Å²) in [6.45, 7) is 7.31. The summed E-state index contributed by atoms with van der Waals surface area (Å²) in [4.78, 5) is 14.4. The van der Waals surface area contributed by atoms with Gasteiger partial charge in [-0.25, -0.2) is 8.42 Å². The molecule has 0 aromatic heterocycles. The van der Waals surface area contributed by atoms with Crippen molar-refractivity contribution in [1.29, 1.82) is 0 Å². The smallest absolute Gasteiger partial charge is 0.243 e. The van der Waals surface area contributed by atoms with Crippen LogP contribution in [0.5, 0.6) is 0 Å². The highest BCUT2D eigenvalue weighted by Gasteiger charge is 2.30. The van der Waals surface area contributed by atoms with Gasteiger partial charge in [-0.3, -0.25) is 4.79 Å². The van der Waals surface area contributed by atoms with Gasteiger partial charge >= 0.3 is 0 Å². The van der Waals surface area contributed by atoms with E-state index in [9.17, 15) is 13.2 Å². The number of hydrogen-bond donors (Lipinski definition) is 0. The monoisotopic (exact) mass is 424 g/mol. The van der Waals surface area contributed by atoms with Crippen molar-refractivity contribution in [3.8, 4) is 0 Å². The number of amides is 1. The maximum Gasteiger partial charge on any atom is 0.243 e. The topological polar surface area (TPSA) is 76.2 Å². The van der Waals surface area contributed by atoms with Crippen molar-refractivity contribution in [1.82, 2.24) is 9.21 Å². The molecule has 2 heterocycles. The predicted octanol–water partition coefficient (Wildman–Crippen LogP) is 2.23. The minimum absolute atomic E-state index is 0.00988. The maximum atomic E-state index is 12.9. The van der Waals surface area contributed by atoms with Crippen LogP contribution in [-0.4, -0.2) is 75.6 Å². The lowest BCUT2D eigenvalue weighted by atomic mass is 10.0. The van der Waals surface area contributed by atoms with E-state index in [0.29, 0.717) is 56.6 Å². The van der Waals surface area contributed by atoms with Gasteiger partial charge in [0.15, 0.2) is 0 Å². The van der Waals surface area contributed by atoms with Crippen LogP contribution in [-0.2, 0) is 24.3 Å². The summed E-state index contributed by atoms with van der Waals surface area (Å²) in [6.07, 6.45) is 2.57. The van der Waals surface area contributed by atoms with Crippen molar-refractivity contribution >= 4 is 15.9 Å². The number of carbonyl (C=O) groups is 1. The third-order valence-electron chi connectivity index (χ3n) is 5.56. The molecule has 2 aliphatic heterocycles. The third kappa shape index (κ3) is 5.78. The fourth-order valence-corrected chi connectivity index (χ4v) is 5.08. The lowest BCUT2D eigenvalue weighted by Crippen LogP contribution is -2.50. The first-order valence-electron chi connectivity index (χ1n) is 10.4. The lowest BCUT2D eigenvalue weighted by molar-refractivity contribution is -0.133. The molecule has 2 saturated heterocycles. The van der Waals surface area contributed by atoms with Crippen molar-refractivity contribution in [3.63, 3.8) is 0 Å². The first kappa shape index (κ1) is 22.2. The second-order valence-corrected chi connectivity index (χ2v) is 9.91. The van der Waals surface area contributed by atoms with E-state index in [1.165, 1.54) is 4.31 Å². The SMILES string of the molecule is CC(C)c1ccc(S(=O)(=O)N2CCN(C(=O)CCOCC3CCCO3)CC2)cc1. The Bertz CT molecular complexity index is 765. The van der Waals surface area contributed by atoms with Gasteiger partial charge in [-0.15, -0.1) is 0 Å². The van der Waals surface area contributed by atoms with Gasteiger partial charge in [-0.2, -0.15) is 4.31 Å². The van der Waals surface area contributed by atoms with Crippen LogP contribution in [0.3, 0.4) is 0 Å². The number of ether oxygens (including phenoxy) is 2. The van der Waals surface area contributed by atoms with Crippen LogP contribution in [0.4, 0.5) is 0 Å². The zero-order valence-corrected chi connectivity index (χ0v) is 18.2. The molecule has 1 unspecified atom stereocenters. The van der Waals surface area contributed by atoms with Crippen molar-refractivity contribution in [2.45, 2.75) is 50.0 Å². The summed E-state index contributed by atoms with van der Waals surface area (Å²) in [5, 5.41) is 0. The molecule has 8 heteroatoms. The Morgan fingerprint density at radius 3 is 2.45 bits per heavy atom. The normalized spacial score (nSPS) is 21.1. The molecule has 0 spiro atoms. The number of rotatable bonds is 8. The van der Waals surface area contributed by atoms with E-state index in [2.05, 4.69) is 13.8 Å². The van der Waals surface area contributed by atoms with Crippen molar-refractivity contribution < 1.29 is 22.7 Å². The van der Waals surface area contributed by atoms with Gasteiger partial charge in [-0.05, 0) is 36.5 Å². The average molecular weight is 425 g/mol. The molecule has 0 aliphatic carbocycles. The molecule has 162 valence electrons. The summed E-state index contributed by atoms with van der Waals surface area (Å²) >= 11 is 0. The zero-order valence-electron chi connectivity index (χ0n) is 17.4. The fourth-order valence-electron chi connectivity index (χ4n) is 3.66. The summed E-state index contributed by atoms with van der Waals surface area (Å²) in [7, 11) is -3.53. The van der Waals surface area contributed by atoms with Crippen LogP contribution in [0.25, 0.3) is 0 Å². The van der Waals surface area contributed by atoms with Crippen LogP contribution in [0.2, 0.25) is 0 Å². The van der Waals surface area contributed by atoms with E-state index < -0.39 is 10.0 Å². The number of benzene rings is 1. The molecule has 1 aromatic rings. The van der Waals surface area contributed by atoms with Crippen molar-refractivity contribution in [3.05, 3.63) is 29.8 Å². The van der Waals surface area contributed by atoms with Crippen molar-refractivity contribution in [2.75, 3.05) is 46.0 Å². The quantitative estimate of drug-likeness (QED) is 0.598. The van der Waals surface area contributed by atoms with E-state index in [-0.39, 0.29) is 12.0 Å². The molecule has 0 bridgehead atoms. The minimum atomic E-state index is -3.53. The van der Waals surface area contributed by atoms with E-state index in [4.69, 9.17) is 9.47 Å². The maximum absolute atomic E-state index is 12.9. The molecule has 0 radical (unpaired) electrons. The van der Waals surface area contributed by atoms with Crippen LogP contribution >= 0.6 is 0 Å². The molecule has 7 nitrogen and oxygen atoms in total. The molecule has 2 aliphatic rings. The second-order valence-electron chi connectivity index (χ2n) is 7.97. The molecular formula is C21H32N2O5S. The highest BCUT2D eigenvalue weighted by molar-refractivity contribution is 7.89. The van der Waals surface area contributed by atoms with Gasteiger partial charge in [0.2, 0.25) is 15.9 Å². The lowest BCUT2D eigenvalue weighted by Gasteiger charge is -2.34. The Kier molecular flexibility index (Phi) is 7.67. The minimum Gasteiger partial charge on any atom is -0.378 e. The Morgan fingerprint density at radius 1 is 1.17 bits per heavy atom. The number of carbonyl (C=O) groups excluding carboxylic acids is 1. The molecule has 2 fully saturated rings. The van der Waals surface area contributed by atoms with Crippen molar-refractivity contribution in [2.24, 2.45) is 0 Å². The Morgan fingerprint density at radius 2 is 1.86 bits per heavy atom. The van der Waals surface area contributed by atoms with E-state index in [1.54, 1.807) is 17.0 Å². The van der Waals surface area contributed by atoms with Crippen LogP contribution in [0.1, 0.15) is 44.6 Å². The largest absolute Gasteiger partial charge is 0.378 e. The van der Waals surface area contributed by atoms with E-state index in [0.717, 1.165) is 25.0 Å². The van der Waals surface area contributed by atoms with Crippen LogP contribution in [0, 0.1) is 0 Å². The van der Waals surface area contributed by atoms with Crippen LogP contribution < -0.4 is 0 Å². The molecule has 1 aromatic carbocycles. The number of sulfonamides is 1. The standard InChI is InChI=1S/C21H32N2O5S/c1-17(2)18-5-7-20(8-6-18)29(25,26)23-12-10-22(11-13-23)21(24)9-15-27-16-19-4-3-14-28-19/h5-8,17,19H,3-4,9-16H2,1-2H3. The van der Waals surface area contributed by atoms with Crippen LogP contribution in [0.15, 0.2) is 29.2 Å². The third-order valence-corrected chi connectivity index (χ3v) is 7.48. The van der Waals surface area contributed by atoms with Gasteiger partial charge < -0.3 is 14.4 Å². The Balaban J connectivity index is 1.44. The average Bonchev–Trinajstić information content (AvgIpc) is 3.25. The van der Waals surface area contributed by atoms with Gasteiger partial charge in [0.1, 0.15) is 0 Å². The highest BCUT2D eigenvalue weighted by Crippen LogP contribution is 2.21. The first-order valence-corrected chi connectivity index (χ1v) is 11.9. The summed E-state index contributed by atoms with van der Waals surface area (Å²) < 4.78 is 38.3. The Labute approximate surface area is 174 Å². The first-order chi connectivity index (χ1) is 13.9. The van der Waals surface area contributed by atoms with Gasteiger partial charge in [0, 0.05) is 32.8 Å². The molecule has 3 rings (SSSR count). The Hall–Kier alpha value is -1.48. The van der Waals surface area contributed by atoms with Gasteiger partial charge in [0.25, 0.3) is 0 Å². The molecule has 0 saturated carbocycles. The number of hydrogen-bond acceptors (Lipinski definition) is 5. The molecule has 0 N–H and O–H groups in total. The summed E-state index contributed by atoms with van der Waals surface area (Å²) in [6, 6.07) is 7.09. The molecule has 1 atom stereocenters. The number of piperazine rings is 1. The van der Waals surface area contributed by atoms with E-state index >= 15 is 0 Å². The molecule has 29 heavy (non-hydrogen) atoms. The van der Waals surface area contributed by atoms with Gasteiger partial charge in [0.05, 0.1) is 30.6 Å². The fraction of sp³-hybridized carbons (Fsp3) is 0.667. The summed E-state index contributed by atoms with van der Waals surface area (Å²) in [5.74, 6) is 0.367.